The van der Waals surface area contributed by atoms with Gasteiger partial charge >= 0.3 is 63.3 Å². The first kappa shape index (κ1) is 22.1. The number of nitrogens with zero attached hydrogens (tertiary/aromatic N) is 1. The van der Waals surface area contributed by atoms with Crippen molar-refractivity contribution in [2.45, 2.75) is 51.5 Å². The zero-order valence-electron chi connectivity index (χ0n) is 12.0. The molecular weight excluding hydrogens is 289 g/mol. The third-order valence-electron chi connectivity index (χ3n) is 2.40. The summed E-state index contributed by atoms with van der Waals surface area (Å²) in [5.74, 6) is -2.91. The van der Waals surface area contributed by atoms with Crippen molar-refractivity contribution in [1.82, 2.24) is 0 Å². The molecule has 2 N–H and O–H groups in total. The molecule has 0 aliphatic carbocycles. The molecule has 0 rings (SSSR count). The van der Waals surface area contributed by atoms with Crippen molar-refractivity contribution in [2.75, 3.05) is 0 Å². The van der Waals surface area contributed by atoms with Crippen LogP contribution in [-0.2, 0) is 9.59 Å². The molecule has 108 valence electrons. The Morgan fingerprint density at radius 2 is 1.95 bits per heavy atom. The quantitative estimate of drug-likeness (QED) is 0.163. The van der Waals surface area contributed by atoms with Gasteiger partial charge in [-0.1, -0.05) is 31.9 Å². The Morgan fingerprint density at radius 3 is 2.45 bits per heavy atom. The molecule has 0 heterocycles. The minimum atomic E-state index is -1.27. The number of carboxylic acids is 2. The molecule has 0 bridgehead atoms. The van der Waals surface area contributed by atoms with Gasteiger partial charge in [0.15, 0.2) is 0 Å². The maximum absolute atomic E-state index is 11.4. The second-order valence-electron chi connectivity index (χ2n) is 4.13. The van der Waals surface area contributed by atoms with Crippen LogP contribution in [0.2, 0.25) is 0 Å². The summed E-state index contributed by atoms with van der Waals surface area (Å²) >= 11 is 0. The van der Waals surface area contributed by atoms with Gasteiger partial charge in [0.1, 0.15) is 6.04 Å². The van der Waals surface area contributed by atoms with E-state index in [1.165, 1.54) is 0 Å². The summed E-state index contributed by atoms with van der Waals surface area (Å²) in [6, 6.07) is -1.27. The van der Waals surface area contributed by atoms with Crippen LogP contribution in [0.4, 0.5) is 0 Å². The van der Waals surface area contributed by atoms with Crippen molar-refractivity contribution < 1.29 is 76.3 Å². The number of rotatable bonds is 10. The third-order valence-corrected chi connectivity index (χ3v) is 2.40. The van der Waals surface area contributed by atoms with Gasteiger partial charge in [0, 0.05) is 6.42 Å². The second-order valence-corrected chi connectivity index (χ2v) is 4.13. The first-order chi connectivity index (χ1) is 8.97. The van der Waals surface area contributed by atoms with Crippen molar-refractivity contribution in [1.29, 1.82) is 0 Å². The van der Waals surface area contributed by atoms with Crippen molar-refractivity contribution >= 4 is 17.8 Å². The molecule has 20 heavy (non-hydrogen) atoms. The average molecular weight is 309 g/mol. The van der Waals surface area contributed by atoms with E-state index in [0.717, 1.165) is 19.3 Å². The predicted molar refractivity (Wildman–Crippen MR) is 69.0 cm³/mol. The normalized spacial score (nSPS) is 12.9. The van der Waals surface area contributed by atoms with E-state index in [1.54, 1.807) is 6.08 Å². The molecule has 0 aromatic rings. The number of unbranched alkanes of at least 4 members (excludes halogenated alkanes) is 2. The Hall–Kier alpha value is -0.214. The molecule has 7 heteroatoms. The van der Waals surface area contributed by atoms with Crippen molar-refractivity contribution in [3.63, 3.8) is 0 Å². The van der Waals surface area contributed by atoms with E-state index < -0.39 is 23.9 Å². The Labute approximate surface area is 161 Å². The van der Waals surface area contributed by atoms with Crippen LogP contribution in [0.25, 0.3) is 0 Å². The topological polar surface area (TPSA) is 110 Å². The van der Waals surface area contributed by atoms with E-state index in [9.17, 15) is 14.7 Å². The van der Waals surface area contributed by atoms with Gasteiger partial charge in [0.25, 0.3) is 0 Å². The summed E-state index contributed by atoms with van der Waals surface area (Å²) in [5, 5.41) is 28.7. The van der Waals surface area contributed by atoms with Crippen LogP contribution in [-0.4, -0.2) is 34.1 Å². The Bertz CT molecular complexity index is 355. The van der Waals surface area contributed by atoms with E-state index in [1.807, 2.05) is 6.08 Å². The van der Waals surface area contributed by atoms with Crippen LogP contribution in [0.1, 0.15) is 45.4 Å². The Morgan fingerprint density at radius 1 is 1.30 bits per heavy atom. The van der Waals surface area contributed by atoms with Crippen LogP contribution in [0.3, 0.4) is 0 Å². The zero-order chi connectivity index (χ0) is 14.7. The van der Waals surface area contributed by atoms with Crippen molar-refractivity contribution in [3.05, 3.63) is 12.2 Å². The molecule has 0 aromatic heterocycles. The number of allylic oxidation sites excluding steroid dienone is 1. The first-order valence-electron chi connectivity index (χ1n) is 6.30. The maximum Gasteiger partial charge on any atom is 1.00 e. The number of aliphatic imine (C=N–C) groups is 1. The molecule has 0 aromatic carbocycles. The van der Waals surface area contributed by atoms with Crippen LogP contribution in [0.5, 0.6) is 0 Å². The minimum absolute atomic E-state index is 0. The molecule has 0 aliphatic heterocycles. The fourth-order valence-corrected chi connectivity index (χ4v) is 1.35. The first-order valence-corrected chi connectivity index (χ1v) is 6.30. The minimum Gasteiger partial charge on any atom is -0.862 e. The molecule has 6 nitrogen and oxygen atoms in total. The summed E-state index contributed by atoms with van der Waals surface area (Å²) in [5.41, 5.74) is 0. The van der Waals surface area contributed by atoms with Crippen LogP contribution < -0.4 is 56.5 Å². The van der Waals surface area contributed by atoms with Gasteiger partial charge in [0.2, 0.25) is 0 Å². The van der Waals surface area contributed by atoms with Gasteiger partial charge in [-0.25, -0.2) is 4.79 Å². The zero-order valence-corrected chi connectivity index (χ0v) is 15.2. The number of hydrogen-bond acceptors (Lipinski definition) is 4. The van der Waals surface area contributed by atoms with E-state index >= 15 is 0 Å². The molecule has 0 fully saturated rings. The summed E-state index contributed by atoms with van der Waals surface area (Å²) in [7, 11) is 0. The van der Waals surface area contributed by atoms with E-state index in [2.05, 4.69) is 11.9 Å². The maximum atomic E-state index is 11.4. The standard InChI is InChI=1S/C13H21NO5.K/c1-2-3-4-5-6-7-11(15)14-10(13(18)19)8-9-12(16)17;/h5-6,10H,2-4,7-9H2,1H3,(H,14,15)(H,16,17)(H,18,19);/q;+1/p-1/b6-5+;/t10-;/m0./s1. The molecule has 0 saturated carbocycles. The molecule has 0 aliphatic rings. The summed E-state index contributed by atoms with van der Waals surface area (Å²) in [6.45, 7) is 2.06. The fraction of sp³-hybridized carbons (Fsp3) is 0.615. The fourth-order valence-electron chi connectivity index (χ4n) is 1.35. The molecular formula is C13H20KNO5. The third kappa shape index (κ3) is 12.8. The van der Waals surface area contributed by atoms with Gasteiger partial charge in [0.05, 0.1) is 0 Å². The monoisotopic (exact) mass is 309 g/mol. The molecule has 0 amide bonds. The van der Waals surface area contributed by atoms with Gasteiger partial charge in [-0.05, 0) is 25.2 Å². The van der Waals surface area contributed by atoms with Crippen LogP contribution in [0.15, 0.2) is 17.1 Å². The van der Waals surface area contributed by atoms with Gasteiger partial charge < -0.3 is 15.3 Å². The SMILES string of the molecule is CCCC/C=C/CC([O-])=N[C@@H](CCC(=O)O)C(=O)O.[K+]. The van der Waals surface area contributed by atoms with E-state index in [0.29, 0.717) is 0 Å². The summed E-state index contributed by atoms with van der Waals surface area (Å²) < 4.78 is 0. The number of aliphatic carboxylic acids is 2. The Balaban J connectivity index is 0. The van der Waals surface area contributed by atoms with Crippen molar-refractivity contribution in [3.8, 4) is 0 Å². The molecule has 0 unspecified atom stereocenters. The van der Waals surface area contributed by atoms with Crippen LogP contribution in [0, 0.1) is 0 Å². The summed E-state index contributed by atoms with van der Waals surface area (Å²) in [6.07, 6.45) is 6.08. The molecule has 1 atom stereocenters. The number of hydrogen-bond donors (Lipinski definition) is 2. The van der Waals surface area contributed by atoms with Crippen LogP contribution >= 0.6 is 0 Å². The molecule has 0 radical (unpaired) electrons. The largest absolute Gasteiger partial charge is 1.00 e. The number of carboxylic acid groups (broad SMARTS) is 2. The smallest absolute Gasteiger partial charge is 0.862 e. The second kappa shape index (κ2) is 13.8. The number of carbonyl (C=O) groups is 2. The van der Waals surface area contributed by atoms with Gasteiger partial charge in [-0.3, -0.25) is 9.79 Å². The van der Waals surface area contributed by atoms with E-state index in [-0.39, 0.29) is 70.6 Å². The average Bonchev–Trinajstić information content (AvgIpc) is 2.33. The van der Waals surface area contributed by atoms with Crippen molar-refractivity contribution in [2.24, 2.45) is 4.99 Å². The molecule has 0 saturated heterocycles. The summed E-state index contributed by atoms with van der Waals surface area (Å²) in [4.78, 5) is 24.7. The van der Waals surface area contributed by atoms with E-state index in [4.69, 9.17) is 10.2 Å². The Kier molecular flexibility index (Phi) is 15.2. The van der Waals surface area contributed by atoms with Gasteiger partial charge in [-0.15, -0.1) is 0 Å². The van der Waals surface area contributed by atoms with Gasteiger partial charge in [-0.2, -0.15) is 0 Å². The molecule has 0 spiro atoms. The predicted octanol–water partition coefficient (Wildman–Crippen LogP) is -1.80.